The maximum Gasteiger partial charge on any atom is 0.310 e. The van der Waals surface area contributed by atoms with Gasteiger partial charge in [0.25, 0.3) is 5.56 Å². The quantitative estimate of drug-likeness (QED) is 0.579. The van der Waals surface area contributed by atoms with E-state index in [2.05, 4.69) is 15.2 Å². The van der Waals surface area contributed by atoms with Gasteiger partial charge in [0.1, 0.15) is 11.4 Å². The number of piperidine rings is 1. The van der Waals surface area contributed by atoms with Crippen molar-refractivity contribution >= 4 is 11.9 Å². The van der Waals surface area contributed by atoms with Gasteiger partial charge in [0.15, 0.2) is 5.82 Å². The van der Waals surface area contributed by atoms with E-state index in [1.54, 1.807) is 11.8 Å². The molecule has 1 N–H and O–H groups in total. The number of nitrogens with zero attached hydrogens (tertiary/aromatic N) is 3. The number of aromatic nitrogens is 3. The number of carbonyl (C=O) groups excluding carboxylic acids is 2. The maximum atomic E-state index is 12.6. The standard InChI is InChI=1S/C24H30N4O5/c1-2-32-24(31)18-6-4-12-28(14-18)21(29)11-10-20-23(30)25-22(27-26-20)17-5-3-7-19(13-17)33-15-16-8-9-16/h3,5,7,13,16,18H,2,4,6,8-12,14-15H2,1H3,(H,25,27,30)/t18-/m1/s1. The second kappa shape index (κ2) is 10.6. The van der Waals surface area contributed by atoms with Crippen LogP contribution in [0.15, 0.2) is 29.1 Å². The topological polar surface area (TPSA) is 114 Å². The van der Waals surface area contributed by atoms with Crippen molar-refractivity contribution in [3.05, 3.63) is 40.3 Å². The average Bonchev–Trinajstić information content (AvgIpc) is 3.67. The smallest absolute Gasteiger partial charge is 0.310 e. The molecule has 0 unspecified atom stereocenters. The number of carbonyl (C=O) groups is 2. The van der Waals surface area contributed by atoms with Crippen molar-refractivity contribution < 1.29 is 19.1 Å². The van der Waals surface area contributed by atoms with E-state index in [0.717, 1.165) is 18.6 Å². The van der Waals surface area contributed by atoms with Crippen LogP contribution in [0.2, 0.25) is 0 Å². The molecule has 1 atom stereocenters. The Morgan fingerprint density at radius 1 is 1.21 bits per heavy atom. The monoisotopic (exact) mass is 454 g/mol. The predicted molar refractivity (Wildman–Crippen MR) is 121 cm³/mol. The van der Waals surface area contributed by atoms with E-state index in [9.17, 15) is 14.4 Å². The highest BCUT2D eigenvalue weighted by molar-refractivity contribution is 5.78. The molecule has 176 valence electrons. The summed E-state index contributed by atoms with van der Waals surface area (Å²) in [6, 6.07) is 7.40. The van der Waals surface area contributed by atoms with Gasteiger partial charge in [-0.05, 0) is 50.7 Å². The van der Waals surface area contributed by atoms with Gasteiger partial charge in [-0.25, -0.2) is 0 Å². The highest BCUT2D eigenvalue weighted by Crippen LogP contribution is 2.30. The van der Waals surface area contributed by atoms with Crippen molar-refractivity contribution in [3.8, 4) is 17.1 Å². The van der Waals surface area contributed by atoms with Crippen LogP contribution in [0.3, 0.4) is 0 Å². The number of aromatic amines is 1. The van der Waals surface area contributed by atoms with Gasteiger partial charge in [0, 0.05) is 31.5 Å². The number of rotatable bonds is 9. The van der Waals surface area contributed by atoms with Gasteiger partial charge >= 0.3 is 5.97 Å². The van der Waals surface area contributed by atoms with Crippen molar-refractivity contribution in [3.63, 3.8) is 0 Å². The molecule has 1 saturated carbocycles. The summed E-state index contributed by atoms with van der Waals surface area (Å²) in [5, 5.41) is 8.23. The first-order chi connectivity index (χ1) is 16.0. The minimum absolute atomic E-state index is 0.102. The summed E-state index contributed by atoms with van der Waals surface area (Å²) in [5.74, 6) is 1.11. The van der Waals surface area contributed by atoms with Crippen LogP contribution in [0.5, 0.6) is 5.75 Å². The van der Waals surface area contributed by atoms with Gasteiger partial charge in [-0.2, -0.15) is 0 Å². The zero-order chi connectivity index (χ0) is 23.2. The van der Waals surface area contributed by atoms with Crippen LogP contribution in [0.4, 0.5) is 0 Å². The lowest BCUT2D eigenvalue weighted by Gasteiger charge is -2.31. The average molecular weight is 455 g/mol. The number of likely N-dealkylation sites (tertiary alicyclic amines) is 1. The molecule has 1 aliphatic carbocycles. The number of hydrogen-bond donors (Lipinski definition) is 1. The normalized spacial score (nSPS) is 18.1. The van der Waals surface area contributed by atoms with E-state index in [0.29, 0.717) is 43.6 Å². The van der Waals surface area contributed by atoms with Crippen molar-refractivity contribution in [2.24, 2.45) is 11.8 Å². The highest BCUT2D eigenvalue weighted by atomic mass is 16.5. The molecular weight excluding hydrogens is 424 g/mol. The molecule has 4 rings (SSSR count). The number of ether oxygens (including phenoxy) is 2. The number of hydrogen-bond acceptors (Lipinski definition) is 7. The van der Waals surface area contributed by atoms with Crippen LogP contribution < -0.4 is 10.3 Å². The van der Waals surface area contributed by atoms with Crippen molar-refractivity contribution in [1.82, 2.24) is 20.1 Å². The number of aryl methyl sites for hydroxylation is 1. The summed E-state index contributed by atoms with van der Waals surface area (Å²) in [6.45, 7) is 3.77. The molecule has 2 aliphatic rings. The van der Waals surface area contributed by atoms with E-state index in [1.165, 1.54) is 12.8 Å². The zero-order valence-corrected chi connectivity index (χ0v) is 18.9. The van der Waals surface area contributed by atoms with Crippen LogP contribution in [-0.2, 0) is 20.7 Å². The molecular formula is C24H30N4O5. The third kappa shape index (κ3) is 6.18. The van der Waals surface area contributed by atoms with Gasteiger partial charge in [0.05, 0.1) is 19.1 Å². The Bertz CT molecular complexity index is 1050. The molecule has 1 aromatic carbocycles. The first-order valence-electron chi connectivity index (χ1n) is 11.7. The number of esters is 1. The number of nitrogens with one attached hydrogen (secondary N) is 1. The minimum Gasteiger partial charge on any atom is -0.493 e. The third-order valence-electron chi connectivity index (χ3n) is 6.02. The third-order valence-corrected chi connectivity index (χ3v) is 6.02. The second-order valence-corrected chi connectivity index (χ2v) is 8.66. The number of amides is 1. The second-order valence-electron chi connectivity index (χ2n) is 8.66. The SMILES string of the molecule is CCOC(=O)[C@@H]1CCCN(C(=O)CCc2nnc(-c3cccc(OCC4CC4)c3)[nH]c2=O)C1. The highest BCUT2D eigenvalue weighted by Gasteiger charge is 2.29. The Balaban J connectivity index is 1.34. The van der Waals surface area contributed by atoms with Crippen molar-refractivity contribution in [2.75, 3.05) is 26.3 Å². The van der Waals surface area contributed by atoms with Gasteiger partial charge in [-0.15, -0.1) is 10.2 Å². The molecule has 0 spiro atoms. The largest absolute Gasteiger partial charge is 0.493 e. The summed E-state index contributed by atoms with van der Waals surface area (Å²) >= 11 is 0. The zero-order valence-electron chi connectivity index (χ0n) is 18.9. The molecule has 2 fully saturated rings. The maximum absolute atomic E-state index is 12.6. The first kappa shape index (κ1) is 22.9. The Hall–Kier alpha value is -3.23. The van der Waals surface area contributed by atoms with E-state index in [1.807, 2.05) is 24.3 Å². The Labute approximate surface area is 192 Å². The molecule has 0 radical (unpaired) electrons. The fourth-order valence-electron chi connectivity index (χ4n) is 3.93. The van der Waals surface area contributed by atoms with E-state index < -0.39 is 0 Å². The van der Waals surface area contributed by atoms with Crippen LogP contribution in [0.25, 0.3) is 11.4 Å². The summed E-state index contributed by atoms with van der Waals surface area (Å²) in [5.41, 5.74) is 0.571. The van der Waals surface area contributed by atoms with E-state index >= 15 is 0 Å². The molecule has 1 aliphatic heterocycles. The summed E-state index contributed by atoms with van der Waals surface area (Å²) < 4.78 is 10.9. The summed E-state index contributed by atoms with van der Waals surface area (Å²) in [6.07, 6.45) is 4.23. The van der Waals surface area contributed by atoms with Gasteiger partial charge in [-0.1, -0.05) is 12.1 Å². The van der Waals surface area contributed by atoms with Crippen LogP contribution in [0, 0.1) is 11.8 Å². The van der Waals surface area contributed by atoms with Crippen molar-refractivity contribution in [1.29, 1.82) is 0 Å². The molecule has 1 aromatic heterocycles. The molecule has 2 heterocycles. The van der Waals surface area contributed by atoms with E-state index in [4.69, 9.17) is 9.47 Å². The van der Waals surface area contributed by atoms with Crippen LogP contribution in [0.1, 0.15) is 44.7 Å². The fourth-order valence-corrected chi connectivity index (χ4v) is 3.93. The molecule has 0 bridgehead atoms. The van der Waals surface area contributed by atoms with Crippen molar-refractivity contribution in [2.45, 2.75) is 45.4 Å². The summed E-state index contributed by atoms with van der Waals surface area (Å²) in [7, 11) is 0. The number of H-pyrrole nitrogens is 1. The Morgan fingerprint density at radius 2 is 2.06 bits per heavy atom. The lowest BCUT2D eigenvalue weighted by atomic mass is 9.98. The molecule has 9 heteroatoms. The molecule has 9 nitrogen and oxygen atoms in total. The lowest BCUT2D eigenvalue weighted by Crippen LogP contribution is -2.43. The van der Waals surface area contributed by atoms with Gasteiger partial charge < -0.3 is 19.4 Å². The Kier molecular flexibility index (Phi) is 7.36. The molecule has 1 saturated heterocycles. The predicted octanol–water partition coefficient (Wildman–Crippen LogP) is 2.36. The minimum atomic E-state index is -0.361. The Morgan fingerprint density at radius 3 is 2.82 bits per heavy atom. The molecule has 2 aromatic rings. The molecule has 1 amide bonds. The first-order valence-corrected chi connectivity index (χ1v) is 11.7. The molecule has 33 heavy (non-hydrogen) atoms. The number of benzene rings is 1. The van der Waals surface area contributed by atoms with Gasteiger partial charge in [-0.3, -0.25) is 14.4 Å². The lowest BCUT2D eigenvalue weighted by molar-refractivity contribution is -0.151. The van der Waals surface area contributed by atoms with Crippen LogP contribution in [-0.4, -0.2) is 58.3 Å². The summed E-state index contributed by atoms with van der Waals surface area (Å²) in [4.78, 5) is 41.6. The van der Waals surface area contributed by atoms with Crippen LogP contribution >= 0.6 is 0 Å². The fraction of sp³-hybridized carbons (Fsp3) is 0.542. The van der Waals surface area contributed by atoms with E-state index in [-0.39, 0.29) is 41.9 Å². The van der Waals surface area contributed by atoms with Gasteiger partial charge in [0.2, 0.25) is 5.91 Å².